The van der Waals surface area contributed by atoms with Gasteiger partial charge in [0.05, 0.1) is 11.0 Å². The highest BCUT2D eigenvalue weighted by molar-refractivity contribution is 6.17. The molecule has 0 saturated heterocycles. The number of rotatable bonds is 5. The van der Waals surface area contributed by atoms with Gasteiger partial charge in [0.2, 0.25) is 0 Å². The van der Waals surface area contributed by atoms with Crippen molar-refractivity contribution in [2.45, 2.75) is 33.7 Å². The van der Waals surface area contributed by atoms with Crippen molar-refractivity contribution in [2.24, 2.45) is 11.8 Å². The first kappa shape index (κ1) is 14.3. The van der Waals surface area contributed by atoms with E-state index in [4.69, 9.17) is 11.6 Å². The first-order valence-electron chi connectivity index (χ1n) is 6.73. The molecule has 2 aromatic rings. The number of imidazole rings is 1. The Labute approximate surface area is 118 Å². The lowest BCUT2D eigenvalue weighted by molar-refractivity contribution is 0.364. The second kappa shape index (κ2) is 5.91. The minimum Gasteiger partial charge on any atom is -0.328 e. The normalized spacial score (nSPS) is 13.4. The van der Waals surface area contributed by atoms with Gasteiger partial charge in [-0.1, -0.05) is 20.8 Å². The van der Waals surface area contributed by atoms with E-state index < -0.39 is 0 Å². The highest BCUT2D eigenvalue weighted by Gasteiger charge is 2.15. The van der Waals surface area contributed by atoms with Gasteiger partial charge in [-0.15, -0.1) is 11.6 Å². The third-order valence-corrected chi connectivity index (χ3v) is 3.91. The number of aromatic nitrogens is 2. The van der Waals surface area contributed by atoms with Crippen molar-refractivity contribution >= 4 is 22.6 Å². The summed E-state index contributed by atoms with van der Waals surface area (Å²) in [7, 11) is 0. The standard InChI is InChI=1S/C15H20ClFN2/c1-10(2)11(3)9-19-14-5-4-12(17)8-13(14)18-15(19)6-7-16/h4-5,8,10-11H,6-7,9H2,1-3H3. The minimum absolute atomic E-state index is 0.244. The Hall–Kier alpha value is -1.09. The molecule has 2 nitrogen and oxygen atoms in total. The summed E-state index contributed by atoms with van der Waals surface area (Å²) >= 11 is 5.84. The quantitative estimate of drug-likeness (QED) is 0.750. The summed E-state index contributed by atoms with van der Waals surface area (Å²) in [5.41, 5.74) is 1.71. The molecule has 0 aliphatic heterocycles. The molecular formula is C15H20ClFN2. The van der Waals surface area contributed by atoms with Crippen LogP contribution in [-0.4, -0.2) is 15.4 Å². The summed E-state index contributed by atoms with van der Waals surface area (Å²) in [6.45, 7) is 7.55. The predicted octanol–water partition coefficient (Wildman–Crippen LogP) is 4.25. The average Bonchev–Trinajstić information content (AvgIpc) is 2.67. The third kappa shape index (κ3) is 3.08. The van der Waals surface area contributed by atoms with Gasteiger partial charge in [0.15, 0.2) is 0 Å². The van der Waals surface area contributed by atoms with Crippen molar-refractivity contribution in [2.75, 3.05) is 5.88 Å². The van der Waals surface area contributed by atoms with Crippen molar-refractivity contribution in [3.05, 3.63) is 29.8 Å². The highest BCUT2D eigenvalue weighted by atomic mass is 35.5. The van der Waals surface area contributed by atoms with E-state index in [1.807, 2.05) is 6.07 Å². The zero-order valence-corrected chi connectivity index (χ0v) is 12.4. The van der Waals surface area contributed by atoms with Crippen LogP contribution in [0.25, 0.3) is 11.0 Å². The van der Waals surface area contributed by atoms with Gasteiger partial charge in [-0.3, -0.25) is 0 Å². The van der Waals surface area contributed by atoms with Crippen LogP contribution in [0.5, 0.6) is 0 Å². The maximum absolute atomic E-state index is 13.3. The summed E-state index contributed by atoms with van der Waals surface area (Å²) in [6.07, 6.45) is 0.711. The average molecular weight is 283 g/mol. The molecule has 0 amide bonds. The number of hydrogen-bond donors (Lipinski definition) is 0. The molecular weight excluding hydrogens is 263 g/mol. The molecule has 0 radical (unpaired) electrons. The van der Waals surface area contributed by atoms with Crippen LogP contribution in [0.2, 0.25) is 0 Å². The van der Waals surface area contributed by atoms with Crippen LogP contribution in [-0.2, 0) is 13.0 Å². The molecule has 1 atom stereocenters. The molecule has 104 valence electrons. The Morgan fingerprint density at radius 3 is 2.68 bits per heavy atom. The molecule has 1 aromatic carbocycles. The lowest BCUT2D eigenvalue weighted by atomic mass is 9.98. The van der Waals surface area contributed by atoms with Crippen LogP contribution in [0.3, 0.4) is 0 Å². The third-order valence-electron chi connectivity index (χ3n) is 3.72. The molecule has 1 aromatic heterocycles. The van der Waals surface area contributed by atoms with Gasteiger partial charge < -0.3 is 4.57 Å². The number of benzene rings is 1. The topological polar surface area (TPSA) is 17.8 Å². The van der Waals surface area contributed by atoms with Gasteiger partial charge in [-0.05, 0) is 24.0 Å². The number of halogens is 2. The molecule has 4 heteroatoms. The fourth-order valence-corrected chi connectivity index (χ4v) is 2.30. The summed E-state index contributed by atoms with van der Waals surface area (Å²) in [5.74, 6) is 2.37. The number of hydrogen-bond acceptors (Lipinski definition) is 1. The number of alkyl halides is 1. The Morgan fingerprint density at radius 2 is 2.05 bits per heavy atom. The maximum Gasteiger partial charge on any atom is 0.125 e. The van der Waals surface area contributed by atoms with E-state index in [9.17, 15) is 4.39 Å². The van der Waals surface area contributed by atoms with Gasteiger partial charge >= 0.3 is 0 Å². The molecule has 0 fully saturated rings. The van der Waals surface area contributed by atoms with Gasteiger partial charge in [0.1, 0.15) is 11.6 Å². The molecule has 0 aliphatic carbocycles. The largest absolute Gasteiger partial charge is 0.328 e. The monoisotopic (exact) mass is 282 g/mol. The molecule has 1 heterocycles. The minimum atomic E-state index is -0.244. The van der Waals surface area contributed by atoms with E-state index in [1.54, 1.807) is 0 Å². The Morgan fingerprint density at radius 1 is 1.32 bits per heavy atom. The van der Waals surface area contributed by atoms with E-state index in [-0.39, 0.29) is 5.82 Å². The van der Waals surface area contributed by atoms with Gasteiger partial charge in [-0.25, -0.2) is 9.37 Å². The van der Waals surface area contributed by atoms with Gasteiger partial charge in [0.25, 0.3) is 0 Å². The van der Waals surface area contributed by atoms with E-state index in [1.165, 1.54) is 12.1 Å². The SMILES string of the molecule is CC(C)C(C)Cn1c(CCCl)nc2cc(F)ccc21. The molecule has 0 bridgehead atoms. The molecule has 0 N–H and O–H groups in total. The smallest absolute Gasteiger partial charge is 0.125 e. The highest BCUT2D eigenvalue weighted by Crippen LogP contribution is 2.22. The van der Waals surface area contributed by atoms with Crippen LogP contribution in [0, 0.1) is 17.7 Å². The Kier molecular flexibility index (Phi) is 4.46. The maximum atomic E-state index is 13.3. The van der Waals surface area contributed by atoms with Crippen LogP contribution in [0.4, 0.5) is 4.39 Å². The first-order chi connectivity index (χ1) is 9.02. The van der Waals surface area contributed by atoms with Crippen molar-refractivity contribution in [3.63, 3.8) is 0 Å². The van der Waals surface area contributed by atoms with E-state index in [2.05, 4.69) is 30.3 Å². The fourth-order valence-electron chi connectivity index (χ4n) is 2.13. The fraction of sp³-hybridized carbons (Fsp3) is 0.533. The van der Waals surface area contributed by atoms with Crippen LogP contribution in [0.15, 0.2) is 18.2 Å². The van der Waals surface area contributed by atoms with Gasteiger partial charge in [0, 0.05) is 24.9 Å². The van der Waals surface area contributed by atoms with Crippen molar-refractivity contribution in [3.8, 4) is 0 Å². The predicted molar refractivity (Wildman–Crippen MR) is 78.1 cm³/mol. The van der Waals surface area contributed by atoms with Crippen LogP contribution < -0.4 is 0 Å². The summed E-state index contributed by atoms with van der Waals surface area (Å²) in [4.78, 5) is 4.51. The van der Waals surface area contributed by atoms with Gasteiger partial charge in [-0.2, -0.15) is 0 Å². The Balaban J connectivity index is 2.45. The molecule has 1 unspecified atom stereocenters. The summed E-state index contributed by atoms with van der Waals surface area (Å²) in [5, 5.41) is 0. The van der Waals surface area contributed by atoms with Crippen LogP contribution in [0.1, 0.15) is 26.6 Å². The second-order valence-electron chi connectivity index (χ2n) is 5.43. The van der Waals surface area contributed by atoms with E-state index in [0.29, 0.717) is 24.1 Å². The number of aryl methyl sites for hydroxylation is 1. The lowest BCUT2D eigenvalue weighted by Gasteiger charge is -2.18. The Bertz CT molecular complexity index is 563. The zero-order chi connectivity index (χ0) is 14.0. The molecule has 19 heavy (non-hydrogen) atoms. The zero-order valence-electron chi connectivity index (χ0n) is 11.7. The van der Waals surface area contributed by atoms with Crippen molar-refractivity contribution < 1.29 is 4.39 Å². The molecule has 2 rings (SSSR count). The van der Waals surface area contributed by atoms with E-state index >= 15 is 0 Å². The number of nitrogens with zero attached hydrogens (tertiary/aromatic N) is 2. The lowest BCUT2D eigenvalue weighted by Crippen LogP contribution is -2.15. The summed E-state index contributed by atoms with van der Waals surface area (Å²) < 4.78 is 15.5. The van der Waals surface area contributed by atoms with Crippen molar-refractivity contribution in [1.82, 2.24) is 9.55 Å². The summed E-state index contributed by atoms with van der Waals surface area (Å²) in [6, 6.07) is 4.79. The molecule has 0 saturated carbocycles. The molecule has 0 aliphatic rings. The first-order valence-corrected chi connectivity index (χ1v) is 7.27. The number of fused-ring (bicyclic) bond motifs is 1. The van der Waals surface area contributed by atoms with E-state index in [0.717, 1.165) is 23.4 Å². The van der Waals surface area contributed by atoms with Crippen LogP contribution >= 0.6 is 11.6 Å². The van der Waals surface area contributed by atoms with Crippen molar-refractivity contribution in [1.29, 1.82) is 0 Å². The second-order valence-corrected chi connectivity index (χ2v) is 5.81. The molecule has 0 spiro atoms.